The zero-order chi connectivity index (χ0) is 16.7. The van der Waals surface area contributed by atoms with Crippen LogP contribution in [0.1, 0.15) is 12.5 Å². The third-order valence-electron chi connectivity index (χ3n) is 3.20. The standard InChI is InChI=1S/C17H18F2N2O2/c1-2-12-5-3-4-6-15(12)21-16(22)11-20-13-7-9-14(10-8-13)23-17(18)19/h3-10,17,20H,2,11H2,1H3,(H,21,22). The Morgan fingerprint density at radius 1 is 1.13 bits per heavy atom. The molecule has 0 aromatic heterocycles. The van der Waals surface area contributed by atoms with Crippen molar-refractivity contribution in [3.8, 4) is 5.75 Å². The number of amides is 1. The summed E-state index contributed by atoms with van der Waals surface area (Å²) in [4.78, 5) is 12.0. The molecule has 0 saturated heterocycles. The average Bonchev–Trinajstić information content (AvgIpc) is 2.54. The van der Waals surface area contributed by atoms with Crippen molar-refractivity contribution in [2.24, 2.45) is 0 Å². The molecule has 0 aliphatic rings. The zero-order valence-corrected chi connectivity index (χ0v) is 12.7. The molecule has 0 heterocycles. The van der Waals surface area contributed by atoms with E-state index in [2.05, 4.69) is 15.4 Å². The summed E-state index contributed by atoms with van der Waals surface area (Å²) in [7, 11) is 0. The molecule has 1 amide bonds. The Morgan fingerprint density at radius 2 is 1.83 bits per heavy atom. The van der Waals surface area contributed by atoms with E-state index in [0.717, 1.165) is 17.7 Å². The molecule has 0 radical (unpaired) electrons. The molecule has 0 atom stereocenters. The van der Waals surface area contributed by atoms with E-state index in [9.17, 15) is 13.6 Å². The van der Waals surface area contributed by atoms with Crippen LogP contribution in [0.25, 0.3) is 0 Å². The molecule has 0 unspecified atom stereocenters. The SMILES string of the molecule is CCc1ccccc1NC(=O)CNc1ccc(OC(F)F)cc1. The first-order valence-electron chi connectivity index (χ1n) is 7.25. The second-order valence-electron chi connectivity index (χ2n) is 4.82. The number of benzene rings is 2. The number of anilines is 2. The second kappa shape index (κ2) is 8.12. The van der Waals surface area contributed by atoms with E-state index >= 15 is 0 Å². The van der Waals surface area contributed by atoms with Crippen LogP contribution in [-0.4, -0.2) is 19.1 Å². The van der Waals surface area contributed by atoms with Gasteiger partial charge < -0.3 is 15.4 Å². The fraction of sp³-hybridized carbons (Fsp3) is 0.235. The molecular weight excluding hydrogens is 302 g/mol. The van der Waals surface area contributed by atoms with E-state index in [4.69, 9.17) is 0 Å². The summed E-state index contributed by atoms with van der Waals surface area (Å²) in [6.45, 7) is -0.752. The van der Waals surface area contributed by atoms with Crippen molar-refractivity contribution in [3.63, 3.8) is 0 Å². The fourth-order valence-corrected chi connectivity index (χ4v) is 2.08. The lowest BCUT2D eigenvalue weighted by Gasteiger charge is -2.11. The second-order valence-corrected chi connectivity index (χ2v) is 4.82. The van der Waals surface area contributed by atoms with Crippen molar-refractivity contribution in [1.82, 2.24) is 0 Å². The third kappa shape index (κ3) is 5.25. The van der Waals surface area contributed by atoms with E-state index in [1.165, 1.54) is 12.1 Å². The van der Waals surface area contributed by atoms with E-state index in [1.807, 2.05) is 31.2 Å². The summed E-state index contributed by atoms with van der Waals surface area (Å²) in [6.07, 6.45) is 0.829. The summed E-state index contributed by atoms with van der Waals surface area (Å²) < 4.78 is 28.4. The summed E-state index contributed by atoms with van der Waals surface area (Å²) in [6, 6.07) is 13.6. The summed E-state index contributed by atoms with van der Waals surface area (Å²) in [5.41, 5.74) is 2.50. The first-order valence-corrected chi connectivity index (χ1v) is 7.25. The van der Waals surface area contributed by atoms with Gasteiger partial charge in [-0.3, -0.25) is 4.79 Å². The maximum Gasteiger partial charge on any atom is 0.387 e. The van der Waals surface area contributed by atoms with Crippen LogP contribution in [0, 0.1) is 0 Å². The lowest BCUT2D eigenvalue weighted by molar-refractivity contribution is -0.114. The predicted molar refractivity (Wildman–Crippen MR) is 86.0 cm³/mol. The van der Waals surface area contributed by atoms with E-state index in [-0.39, 0.29) is 18.2 Å². The summed E-state index contributed by atoms with van der Waals surface area (Å²) in [5.74, 6) is -0.106. The van der Waals surface area contributed by atoms with Gasteiger partial charge in [-0.15, -0.1) is 0 Å². The Kier molecular flexibility index (Phi) is 5.91. The molecule has 4 nitrogen and oxygen atoms in total. The van der Waals surface area contributed by atoms with Crippen LogP contribution < -0.4 is 15.4 Å². The first-order chi connectivity index (χ1) is 11.1. The van der Waals surface area contributed by atoms with E-state index < -0.39 is 6.61 Å². The topological polar surface area (TPSA) is 50.4 Å². The highest BCUT2D eigenvalue weighted by Crippen LogP contribution is 2.18. The largest absolute Gasteiger partial charge is 0.435 e. The highest BCUT2D eigenvalue weighted by atomic mass is 19.3. The molecule has 0 bridgehead atoms. The Bertz CT molecular complexity index is 645. The normalized spacial score (nSPS) is 10.4. The maximum atomic E-state index is 12.1. The number of nitrogens with one attached hydrogen (secondary N) is 2. The van der Waals surface area contributed by atoms with Gasteiger partial charge in [0.2, 0.25) is 5.91 Å². The molecule has 0 fully saturated rings. The molecule has 2 aromatic carbocycles. The van der Waals surface area contributed by atoms with Gasteiger partial charge in [-0.1, -0.05) is 25.1 Å². The minimum atomic E-state index is -2.85. The molecule has 0 saturated carbocycles. The van der Waals surface area contributed by atoms with Gasteiger partial charge >= 0.3 is 6.61 Å². The van der Waals surface area contributed by atoms with Crippen molar-refractivity contribution in [3.05, 3.63) is 54.1 Å². The number of rotatable bonds is 7. The Labute approximate surface area is 133 Å². The lowest BCUT2D eigenvalue weighted by Crippen LogP contribution is -2.22. The number of para-hydroxylation sites is 1. The number of aryl methyl sites for hydroxylation is 1. The Morgan fingerprint density at radius 3 is 2.48 bits per heavy atom. The Hall–Kier alpha value is -2.63. The monoisotopic (exact) mass is 320 g/mol. The number of carbonyl (C=O) groups is 1. The number of alkyl halides is 2. The van der Waals surface area contributed by atoms with Gasteiger partial charge in [0.05, 0.1) is 6.54 Å². The predicted octanol–water partition coefficient (Wildman–Crippen LogP) is 3.90. The first kappa shape index (κ1) is 16.7. The lowest BCUT2D eigenvalue weighted by atomic mass is 10.1. The van der Waals surface area contributed by atoms with Crippen LogP contribution >= 0.6 is 0 Å². The number of hydrogen-bond donors (Lipinski definition) is 2. The summed E-state index contributed by atoms with van der Waals surface area (Å²) >= 11 is 0. The minimum absolute atomic E-state index is 0.0758. The number of carbonyl (C=O) groups excluding carboxylic acids is 1. The fourth-order valence-electron chi connectivity index (χ4n) is 2.08. The molecule has 122 valence electrons. The smallest absolute Gasteiger partial charge is 0.387 e. The van der Waals surface area contributed by atoms with Crippen LogP contribution in [0.15, 0.2) is 48.5 Å². The van der Waals surface area contributed by atoms with Crippen molar-refractivity contribution in [2.45, 2.75) is 20.0 Å². The van der Waals surface area contributed by atoms with E-state index in [0.29, 0.717) is 5.69 Å². The van der Waals surface area contributed by atoms with Crippen molar-refractivity contribution >= 4 is 17.3 Å². The average molecular weight is 320 g/mol. The zero-order valence-electron chi connectivity index (χ0n) is 12.7. The van der Waals surface area contributed by atoms with Crippen molar-refractivity contribution < 1.29 is 18.3 Å². The molecule has 2 N–H and O–H groups in total. The van der Waals surface area contributed by atoms with Crippen LogP contribution in [0.3, 0.4) is 0 Å². The van der Waals surface area contributed by atoms with Gasteiger partial charge in [-0.2, -0.15) is 8.78 Å². The Balaban J connectivity index is 1.86. The molecular formula is C17H18F2N2O2. The maximum absolute atomic E-state index is 12.1. The molecule has 6 heteroatoms. The molecule has 2 rings (SSSR count). The van der Waals surface area contributed by atoms with Crippen LogP contribution in [0.2, 0.25) is 0 Å². The van der Waals surface area contributed by atoms with Gasteiger partial charge in [0, 0.05) is 11.4 Å². The van der Waals surface area contributed by atoms with Crippen molar-refractivity contribution in [1.29, 1.82) is 0 Å². The van der Waals surface area contributed by atoms with Gasteiger partial charge in [0.1, 0.15) is 5.75 Å². The van der Waals surface area contributed by atoms with Gasteiger partial charge in [0.15, 0.2) is 0 Å². The van der Waals surface area contributed by atoms with Gasteiger partial charge in [-0.25, -0.2) is 0 Å². The van der Waals surface area contributed by atoms with Crippen molar-refractivity contribution in [2.75, 3.05) is 17.2 Å². The molecule has 0 aliphatic carbocycles. The highest BCUT2D eigenvalue weighted by molar-refractivity contribution is 5.94. The van der Waals surface area contributed by atoms with E-state index in [1.54, 1.807) is 12.1 Å². The quantitative estimate of drug-likeness (QED) is 0.813. The summed E-state index contributed by atoms with van der Waals surface area (Å²) in [5, 5.41) is 5.77. The highest BCUT2D eigenvalue weighted by Gasteiger charge is 2.06. The number of hydrogen-bond acceptors (Lipinski definition) is 3. The minimum Gasteiger partial charge on any atom is -0.435 e. The molecule has 0 aliphatic heterocycles. The van der Waals surface area contributed by atoms with Crippen LogP contribution in [0.4, 0.5) is 20.2 Å². The van der Waals surface area contributed by atoms with Crippen LogP contribution in [0.5, 0.6) is 5.75 Å². The third-order valence-corrected chi connectivity index (χ3v) is 3.20. The number of ether oxygens (including phenoxy) is 1. The number of halogens is 2. The molecule has 2 aromatic rings. The molecule has 23 heavy (non-hydrogen) atoms. The molecule has 0 spiro atoms. The van der Waals surface area contributed by atoms with Gasteiger partial charge in [0.25, 0.3) is 0 Å². The van der Waals surface area contributed by atoms with Gasteiger partial charge in [-0.05, 0) is 42.3 Å². The van der Waals surface area contributed by atoms with Crippen LogP contribution in [-0.2, 0) is 11.2 Å².